The maximum absolute atomic E-state index is 11.4. The van der Waals surface area contributed by atoms with E-state index in [-0.39, 0.29) is 5.78 Å². The van der Waals surface area contributed by atoms with Gasteiger partial charge >= 0.3 is 5.97 Å². The Labute approximate surface area is 124 Å². The van der Waals surface area contributed by atoms with E-state index in [9.17, 15) is 14.7 Å². The lowest BCUT2D eigenvalue weighted by atomic mass is 9.99. The molecule has 1 aromatic rings. The van der Waals surface area contributed by atoms with Gasteiger partial charge < -0.3 is 10.4 Å². The molecule has 0 fully saturated rings. The maximum Gasteiger partial charge on any atom is 0.326 e. The van der Waals surface area contributed by atoms with Gasteiger partial charge in [-0.15, -0.1) is 0 Å². The first-order valence-electron chi connectivity index (χ1n) is 6.93. The van der Waals surface area contributed by atoms with Crippen LogP contribution in [0.25, 0.3) is 5.57 Å². The Bertz CT molecular complexity index is 629. The third-order valence-electron chi connectivity index (χ3n) is 3.48. The molecule has 4 heteroatoms. The number of nitrogens with one attached hydrogen (secondary N) is 1. The SMILES string of the molecule is CC(=O)/C=C(\C)N[C@@H](CC1=CCc2ccccc21)C(=O)O. The summed E-state index contributed by atoms with van der Waals surface area (Å²) in [5, 5.41) is 12.3. The second-order valence-corrected chi connectivity index (χ2v) is 5.27. The molecule has 0 amide bonds. The van der Waals surface area contributed by atoms with Gasteiger partial charge in [-0.25, -0.2) is 4.79 Å². The van der Waals surface area contributed by atoms with Crippen molar-refractivity contribution in [2.45, 2.75) is 32.7 Å². The van der Waals surface area contributed by atoms with Crippen LogP contribution < -0.4 is 5.32 Å². The molecule has 0 radical (unpaired) electrons. The Morgan fingerprint density at radius 3 is 2.71 bits per heavy atom. The minimum Gasteiger partial charge on any atom is -0.480 e. The van der Waals surface area contributed by atoms with E-state index in [4.69, 9.17) is 0 Å². The van der Waals surface area contributed by atoms with Crippen molar-refractivity contribution in [1.82, 2.24) is 5.32 Å². The second-order valence-electron chi connectivity index (χ2n) is 5.27. The van der Waals surface area contributed by atoms with Gasteiger partial charge in [0.1, 0.15) is 6.04 Å². The van der Waals surface area contributed by atoms with Crippen molar-refractivity contribution in [3.05, 3.63) is 53.2 Å². The number of aliphatic carboxylic acids is 1. The quantitative estimate of drug-likeness (QED) is 0.788. The van der Waals surface area contributed by atoms with Crippen molar-refractivity contribution >= 4 is 17.3 Å². The summed E-state index contributed by atoms with van der Waals surface area (Å²) in [6, 6.07) is 7.29. The van der Waals surface area contributed by atoms with E-state index in [1.54, 1.807) is 6.92 Å². The van der Waals surface area contributed by atoms with Gasteiger partial charge in [0, 0.05) is 12.1 Å². The van der Waals surface area contributed by atoms with Gasteiger partial charge in [0.15, 0.2) is 5.78 Å². The average molecular weight is 285 g/mol. The van der Waals surface area contributed by atoms with Crippen molar-refractivity contribution in [2.24, 2.45) is 0 Å². The Hall–Kier alpha value is -2.36. The summed E-state index contributed by atoms with van der Waals surface area (Å²) in [7, 11) is 0. The molecule has 1 aromatic carbocycles. The van der Waals surface area contributed by atoms with Crippen LogP contribution in [0.5, 0.6) is 0 Å². The third-order valence-corrected chi connectivity index (χ3v) is 3.48. The van der Waals surface area contributed by atoms with Gasteiger partial charge in [-0.3, -0.25) is 4.79 Å². The van der Waals surface area contributed by atoms with E-state index >= 15 is 0 Å². The highest BCUT2D eigenvalue weighted by atomic mass is 16.4. The maximum atomic E-state index is 11.4. The van der Waals surface area contributed by atoms with Crippen molar-refractivity contribution in [3.63, 3.8) is 0 Å². The van der Waals surface area contributed by atoms with E-state index < -0.39 is 12.0 Å². The summed E-state index contributed by atoms with van der Waals surface area (Å²) in [4.78, 5) is 22.5. The summed E-state index contributed by atoms with van der Waals surface area (Å²) < 4.78 is 0. The third kappa shape index (κ3) is 3.81. The summed E-state index contributed by atoms with van der Waals surface area (Å²) in [5.41, 5.74) is 3.97. The number of allylic oxidation sites excluding steroid dienone is 3. The zero-order chi connectivity index (χ0) is 15.4. The highest BCUT2D eigenvalue weighted by molar-refractivity contribution is 5.88. The molecule has 1 aliphatic rings. The molecule has 0 aromatic heterocycles. The number of hydrogen-bond acceptors (Lipinski definition) is 3. The Morgan fingerprint density at radius 2 is 2.05 bits per heavy atom. The number of carboxylic acids is 1. The first-order valence-corrected chi connectivity index (χ1v) is 6.93. The summed E-state index contributed by atoms with van der Waals surface area (Å²) in [6.07, 6.45) is 4.73. The summed E-state index contributed by atoms with van der Waals surface area (Å²) >= 11 is 0. The van der Waals surface area contributed by atoms with E-state index in [1.165, 1.54) is 18.6 Å². The monoisotopic (exact) mass is 285 g/mol. The minimum atomic E-state index is -0.920. The van der Waals surface area contributed by atoms with Gasteiger partial charge in [-0.2, -0.15) is 0 Å². The Balaban J connectivity index is 2.12. The van der Waals surface area contributed by atoms with Crippen LogP contribution in [-0.2, 0) is 16.0 Å². The number of carboxylic acid groups (broad SMARTS) is 1. The first-order chi connectivity index (χ1) is 9.97. The van der Waals surface area contributed by atoms with Crippen LogP contribution >= 0.6 is 0 Å². The molecule has 110 valence electrons. The van der Waals surface area contributed by atoms with E-state index in [0.29, 0.717) is 12.1 Å². The second kappa shape index (κ2) is 6.39. The van der Waals surface area contributed by atoms with Crippen LogP contribution in [0.4, 0.5) is 0 Å². The lowest BCUT2D eigenvalue weighted by molar-refractivity contribution is -0.139. The normalized spacial score (nSPS) is 15.1. The zero-order valence-corrected chi connectivity index (χ0v) is 12.2. The fraction of sp³-hybridized carbons (Fsp3) is 0.294. The lowest BCUT2D eigenvalue weighted by Gasteiger charge is -2.17. The van der Waals surface area contributed by atoms with Gasteiger partial charge in [0.05, 0.1) is 0 Å². The standard InChI is InChI=1S/C17H19NO3/c1-11(9-12(2)19)18-16(17(20)21)10-14-8-7-13-5-3-4-6-15(13)14/h3-6,8-9,16,18H,7,10H2,1-2H3,(H,20,21)/b11-9+/t16-/m0/s1. The lowest BCUT2D eigenvalue weighted by Crippen LogP contribution is -2.35. The molecule has 0 saturated carbocycles. The molecule has 0 saturated heterocycles. The fourth-order valence-electron chi connectivity index (χ4n) is 2.59. The number of ketones is 1. The molecule has 21 heavy (non-hydrogen) atoms. The van der Waals surface area contributed by atoms with Gasteiger partial charge in [-0.1, -0.05) is 30.3 Å². The first kappa shape index (κ1) is 15.0. The molecule has 1 atom stereocenters. The minimum absolute atomic E-state index is 0.102. The van der Waals surface area contributed by atoms with Gasteiger partial charge in [0.2, 0.25) is 0 Å². The van der Waals surface area contributed by atoms with Gasteiger partial charge in [-0.05, 0) is 43.0 Å². The summed E-state index contributed by atoms with van der Waals surface area (Å²) in [5.74, 6) is -1.02. The van der Waals surface area contributed by atoms with Crippen molar-refractivity contribution < 1.29 is 14.7 Å². The molecule has 0 bridgehead atoms. The molecule has 0 aliphatic heterocycles. The Morgan fingerprint density at radius 1 is 1.33 bits per heavy atom. The number of carbonyl (C=O) groups is 2. The number of rotatable bonds is 6. The summed E-state index contributed by atoms with van der Waals surface area (Å²) in [6.45, 7) is 3.14. The molecule has 1 aliphatic carbocycles. The zero-order valence-electron chi connectivity index (χ0n) is 12.2. The van der Waals surface area contributed by atoms with Crippen LogP contribution in [0.3, 0.4) is 0 Å². The number of benzene rings is 1. The van der Waals surface area contributed by atoms with Crippen LogP contribution in [0.15, 0.2) is 42.1 Å². The van der Waals surface area contributed by atoms with E-state index in [0.717, 1.165) is 17.6 Å². The number of hydrogen-bond donors (Lipinski definition) is 2. The number of carbonyl (C=O) groups excluding carboxylic acids is 1. The van der Waals surface area contributed by atoms with E-state index in [1.807, 2.05) is 18.2 Å². The Kier molecular flexibility index (Phi) is 4.58. The molecule has 2 rings (SSSR count). The van der Waals surface area contributed by atoms with Crippen LogP contribution in [0.2, 0.25) is 0 Å². The largest absolute Gasteiger partial charge is 0.480 e. The topological polar surface area (TPSA) is 66.4 Å². The fourth-order valence-corrected chi connectivity index (χ4v) is 2.59. The van der Waals surface area contributed by atoms with E-state index in [2.05, 4.69) is 17.5 Å². The highest BCUT2D eigenvalue weighted by Gasteiger charge is 2.22. The average Bonchev–Trinajstić information content (AvgIpc) is 2.80. The van der Waals surface area contributed by atoms with Crippen molar-refractivity contribution in [1.29, 1.82) is 0 Å². The highest BCUT2D eigenvalue weighted by Crippen LogP contribution is 2.30. The molecule has 0 heterocycles. The van der Waals surface area contributed by atoms with Crippen LogP contribution in [-0.4, -0.2) is 22.9 Å². The molecule has 2 N–H and O–H groups in total. The number of fused-ring (bicyclic) bond motifs is 1. The van der Waals surface area contributed by atoms with Crippen molar-refractivity contribution in [3.8, 4) is 0 Å². The molecular formula is C17H19NO3. The predicted octanol–water partition coefficient (Wildman–Crippen LogP) is 2.55. The molecule has 0 unspecified atom stereocenters. The molecule has 4 nitrogen and oxygen atoms in total. The van der Waals surface area contributed by atoms with Gasteiger partial charge in [0.25, 0.3) is 0 Å². The predicted molar refractivity (Wildman–Crippen MR) is 81.7 cm³/mol. The smallest absolute Gasteiger partial charge is 0.326 e. The van der Waals surface area contributed by atoms with Crippen LogP contribution in [0, 0.1) is 0 Å². The molecule has 0 spiro atoms. The van der Waals surface area contributed by atoms with Crippen LogP contribution in [0.1, 0.15) is 31.4 Å². The van der Waals surface area contributed by atoms with Crippen molar-refractivity contribution in [2.75, 3.05) is 0 Å². The molecular weight excluding hydrogens is 266 g/mol.